The molecular weight excluding hydrogens is 409 g/mol. The van der Waals surface area contributed by atoms with E-state index in [1.807, 2.05) is 37.3 Å². The molecule has 32 heavy (non-hydrogen) atoms. The fraction of sp³-hybridized carbons (Fsp3) is 0.480. The maximum atomic E-state index is 13.4. The third-order valence-electron chi connectivity index (χ3n) is 6.21. The predicted octanol–water partition coefficient (Wildman–Crippen LogP) is 3.37. The van der Waals surface area contributed by atoms with Crippen LogP contribution in [-0.4, -0.2) is 61.6 Å². The average molecular weight is 442 g/mol. The van der Waals surface area contributed by atoms with Crippen LogP contribution in [0.4, 0.5) is 4.39 Å². The number of halogens is 1. The molecule has 0 aliphatic carbocycles. The third kappa shape index (κ3) is 5.58. The van der Waals surface area contributed by atoms with E-state index >= 15 is 0 Å². The molecule has 0 radical (unpaired) electrons. The molecule has 1 saturated heterocycles. The average Bonchev–Trinajstić information content (AvgIpc) is 3.25. The fourth-order valence-electron chi connectivity index (χ4n) is 4.61. The quantitative estimate of drug-likeness (QED) is 0.714. The van der Waals surface area contributed by atoms with Gasteiger partial charge in [-0.25, -0.2) is 4.39 Å². The predicted molar refractivity (Wildman–Crippen MR) is 121 cm³/mol. The van der Waals surface area contributed by atoms with Gasteiger partial charge in [0.15, 0.2) is 0 Å². The SMILES string of the molecule is COc1ccc2c(c1)O[C@H](C)CN(CC(=O)NC[C@H](c1ccc(F)cc1)N1CCCC1)C2. The number of methoxy groups -OCH3 is 1. The highest BCUT2D eigenvalue weighted by atomic mass is 19.1. The number of hydrogen-bond acceptors (Lipinski definition) is 5. The minimum absolute atomic E-state index is 0.0135. The van der Waals surface area contributed by atoms with Gasteiger partial charge >= 0.3 is 0 Å². The lowest BCUT2D eigenvalue weighted by Gasteiger charge is -2.29. The number of fused-ring (bicyclic) bond motifs is 1. The molecule has 2 aliphatic heterocycles. The Morgan fingerprint density at radius 2 is 1.97 bits per heavy atom. The molecule has 2 aromatic carbocycles. The number of hydrogen-bond donors (Lipinski definition) is 1. The van der Waals surface area contributed by atoms with E-state index in [1.165, 1.54) is 12.1 Å². The lowest BCUT2D eigenvalue weighted by atomic mass is 10.1. The fourth-order valence-corrected chi connectivity index (χ4v) is 4.61. The number of carbonyl (C=O) groups is 1. The Bertz CT molecular complexity index is 915. The Kier molecular flexibility index (Phi) is 7.27. The van der Waals surface area contributed by atoms with Gasteiger partial charge in [-0.05, 0) is 56.6 Å². The van der Waals surface area contributed by atoms with Crippen LogP contribution < -0.4 is 14.8 Å². The molecule has 4 rings (SSSR count). The molecule has 1 fully saturated rings. The molecule has 172 valence electrons. The lowest BCUT2D eigenvalue weighted by Crippen LogP contribution is -2.43. The van der Waals surface area contributed by atoms with Crippen molar-refractivity contribution in [2.75, 3.05) is 39.8 Å². The molecule has 7 heteroatoms. The number of nitrogens with zero attached hydrogens (tertiary/aromatic N) is 2. The van der Waals surface area contributed by atoms with Crippen LogP contribution in [0.25, 0.3) is 0 Å². The van der Waals surface area contributed by atoms with Crippen LogP contribution in [0.1, 0.15) is 36.9 Å². The van der Waals surface area contributed by atoms with Gasteiger partial charge in [0.1, 0.15) is 23.4 Å². The molecule has 1 N–H and O–H groups in total. The molecule has 6 nitrogen and oxygen atoms in total. The van der Waals surface area contributed by atoms with E-state index < -0.39 is 0 Å². The normalized spacial score (nSPS) is 20.2. The molecule has 0 saturated carbocycles. The number of rotatable bonds is 7. The summed E-state index contributed by atoms with van der Waals surface area (Å²) in [6, 6.07) is 12.5. The van der Waals surface area contributed by atoms with Crippen molar-refractivity contribution < 1.29 is 18.7 Å². The van der Waals surface area contributed by atoms with E-state index in [0.29, 0.717) is 26.2 Å². The maximum Gasteiger partial charge on any atom is 0.234 e. The number of benzene rings is 2. The van der Waals surface area contributed by atoms with Crippen LogP contribution in [0.15, 0.2) is 42.5 Å². The van der Waals surface area contributed by atoms with E-state index in [2.05, 4.69) is 15.1 Å². The minimum Gasteiger partial charge on any atom is -0.497 e. The summed E-state index contributed by atoms with van der Waals surface area (Å²) in [6.07, 6.45) is 2.27. The van der Waals surface area contributed by atoms with E-state index in [1.54, 1.807) is 7.11 Å². The summed E-state index contributed by atoms with van der Waals surface area (Å²) in [4.78, 5) is 17.3. The highest BCUT2D eigenvalue weighted by molar-refractivity contribution is 5.78. The van der Waals surface area contributed by atoms with Crippen molar-refractivity contribution in [2.24, 2.45) is 0 Å². The Balaban J connectivity index is 1.38. The first kappa shape index (κ1) is 22.6. The van der Waals surface area contributed by atoms with Crippen LogP contribution in [-0.2, 0) is 11.3 Å². The van der Waals surface area contributed by atoms with Crippen LogP contribution >= 0.6 is 0 Å². The minimum atomic E-state index is -0.242. The summed E-state index contributed by atoms with van der Waals surface area (Å²) >= 11 is 0. The van der Waals surface area contributed by atoms with E-state index in [4.69, 9.17) is 9.47 Å². The summed E-state index contributed by atoms with van der Waals surface area (Å²) in [7, 11) is 1.64. The van der Waals surface area contributed by atoms with Crippen molar-refractivity contribution >= 4 is 5.91 Å². The highest BCUT2D eigenvalue weighted by Gasteiger charge is 2.26. The smallest absolute Gasteiger partial charge is 0.234 e. The highest BCUT2D eigenvalue weighted by Crippen LogP contribution is 2.29. The van der Waals surface area contributed by atoms with Gasteiger partial charge < -0.3 is 14.8 Å². The van der Waals surface area contributed by atoms with Gasteiger partial charge in [-0.15, -0.1) is 0 Å². The van der Waals surface area contributed by atoms with Gasteiger partial charge in [-0.2, -0.15) is 0 Å². The van der Waals surface area contributed by atoms with Gasteiger partial charge in [-0.1, -0.05) is 18.2 Å². The molecule has 0 unspecified atom stereocenters. The monoisotopic (exact) mass is 441 g/mol. The van der Waals surface area contributed by atoms with Crippen molar-refractivity contribution in [3.05, 3.63) is 59.4 Å². The number of carbonyl (C=O) groups excluding carboxylic acids is 1. The second kappa shape index (κ2) is 10.3. The summed E-state index contributed by atoms with van der Waals surface area (Å²) in [5.74, 6) is 1.31. The van der Waals surface area contributed by atoms with Crippen molar-refractivity contribution in [1.82, 2.24) is 15.1 Å². The van der Waals surface area contributed by atoms with Gasteiger partial charge in [-0.3, -0.25) is 14.6 Å². The topological polar surface area (TPSA) is 54.0 Å². The summed E-state index contributed by atoms with van der Waals surface area (Å²) in [6.45, 7) is 6.13. The zero-order valence-electron chi connectivity index (χ0n) is 18.9. The zero-order valence-corrected chi connectivity index (χ0v) is 18.9. The molecule has 0 aromatic heterocycles. The molecule has 0 bridgehead atoms. The lowest BCUT2D eigenvalue weighted by molar-refractivity contribution is -0.122. The molecule has 2 aromatic rings. The second-order valence-corrected chi connectivity index (χ2v) is 8.69. The van der Waals surface area contributed by atoms with Crippen LogP contribution in [0.3, 0.4) is 0 Å². The van der Waals surface area contributed by atoms with E-state index in [-0.39, 0.29) is 23.9 Å². The van der Waals surface area contributed by atoms with Gasteiger partial charge in [0, 0.05) is 31.3 Å². The Hall–Kier alpha value is -2.64. The van der Waals surface area contributed by atoms with Crippen LogP contribution in [0, 0.1) is 5.82 Å². The van der Waals surface area contributed by atoms with E-state index in [9.17, 15) is 9.18 Å². The first-order valence-electron chi connectivity index (χ1n) is 11.3. The first-order valence-corrected chi connectivity index (χ1v) is 11.3. The van der Waals surface area contributed by atoms with Gasteiger partial charge in [0.2, 0.25) is 5.91 Å². The largest absolute Gasteiger partial charge is 0.497 e. The summed E-state index contributed by atoms with van der Waals surface area (Å²) in [5, 5.41) is 3.12. The summed E-state index contributed by atoms with van der Waals surface area (Å²) in [5.41, 5.74) is 2.08. The van der Waals surface area contributed by atoms with E-state index in [0.717, 1.165) is 48.6 Å². The van der Waals surface area contributed by atoms with Crippen LogP contribution in [0.2, 0.25) is 0 Å². The Labute approximate surface area is 189 Å². The van der Waals surface area contributed by atoms with Crippen molar-refractivity contribution in [2.45, 2.75) is 38.5 Å². The molecule has 1 amide bonds. The standard InChI is InChI=1S/C25H32FN3O3/c1-18-15-28(16-20-7-10-22(31-2)13-24(20)32-18)17-25(30)27-14-23(29-11-3-4-12-29)19-5-8-21(26)9-6-19/h5-10,13,18,23H,3-4,11-12,14-17H2,1-2H3,(H,27,30)/t18-,23-/m1/s1. The molecular formula is C25H32FN3O3. The molecule has 0 spiro atoms. The number of amides is 1. The molecule has 2 atom stereocenters. The van der Waals surface area contributed by atoms with Gasteiger partial charge in [0.25, 0.3) is 0 Å². The summed E-state index contributed by atoms with van der Waals surface area (Å²) < 4.78 is 24.8. The first-order chi connectivity index (χ1) is 15.5. The van der Waals surface area contributed by atoms with Crippen LogP contribution in [0.5, 0.6) is 11.5 Å². The third-order valence-corrected chi connectivity index (χ3v) is 6.21. The van der Waals surface area contributed by atoms with Gasteiger partial charge in [0.05, 0.1) is 19.7 Å². The second-order valence-electron chi connectivity index (χ2n) is 8.69. The molecule has 2 aliphatic rings. The number of ether oxygens (including phenoxy) is 2. The Morgan fingerprint density at radius 3 is 2.69 bits per heavy atom. The Morgan fingerprint density at radius 1 is 1.22 bits per heavy atom. The number of nitrogens with one attached hydrogen (secondary N) is 1. The number of likely N-dealkylation sites (tertiary alicyclic amines) is 1. The van der Waals surface area contributed by atoms with Crippen molar-refractivity contribution in [3.8, 4) is 11.5 Å². The molecule has 2 heterocycles. The zero-order chi connectivity index (χ0) is 22.5. The van der Waals surface area contributed by atoms with Crippen molar-refractivity contribution in [1.29, 1.82) is 0 Å². The maximum absolute atomic E-state index is 13.4. The van der Waals surface area contributed by atoms with Crippen molar-refractivity contribution in [3.63, 3.8) is 0 Å².